The molecule has 0 bridgehead atoms. The van der Waals surface area contributed by atoms with E-state index < -0.39 is 5.91 Å². The van der Waals surface area contributed by atoms with Crippen LogP contribution in [0.4, 0.5) is 0 Å². The highest BCUT2D eigenvalue weighted by atomic mass is 16.1. The van der Waals surface area contributed by atoms with Crippen LogP contribution < -0.4 is 11.1 Å². The number of nitrogens with zero attached hydrogens (tertiary/aromatic N) is 1. The first kappa shape index (κ1) is 9.03. The molecule has 0 fully saturated rings. The van der Waals surface area contributed by atoms with Crippen molar-refractivity contribution in [2.45, 2.75) is 25.7 Å². The largest absolute Gasteiger partial charge is 0.366 e. The number of nitrogens with one attached hydrogen (secondary N) is 1. The lowest BCUT2D eigenvalue weighted by Gasteiger charge is -2.03. The standard InChI is InChI=1S/C8H15N3O/c9-7(12)8-10-5-3-1-2-4-6-11-8/h1-6H2,(H2,9,12)(H,10,11). The second-order valence-corrected chi connectivity index (χ2v) is 2.94. The third-order valence-corrected chi connectivity index (χ3v) is 1.88. The van der Waals surface area contributed by atoms with Crippen LogP contribution in [0, 0.1) is 0 Å². The Kier molecular flexibility index (Phi) is 3.57. The van der Waals surface area contributed by atoms with Crippen molar-refractivity contribution in [3.63, 3.8) is 0 Å². The van der Waals surface area contributed by atoms with E-state index in [-0.39, 0.29) is 0 Å². The van der Waals surface area contributed by atoms with Gasteiger partial charge in [-0.1, -0.05) is 12.8 Å². The van der Waals surface area contributed by atoms with Crippen molar-refractivity contribution in [1.29, 1.82) is 0 Å². The summed E-state index contributed by atoms with van der Waals surface area (Å²) in [7, 11) is 0. The maximum atomic E-state index is 10.8. The van der Waals surface area contributed by atoms with Gasteiger partial charge < -0.3 is 11.1 Å². The normalized spacial score (nSPS) is 19.5. The Morgan fingerprint density at radius 3 is 2.83 bits per heavy atom. The lowest BCUT2D eigenvalue weighted by atomic mass is 10.2. The van der Waals surface area contributed by atoms with E-state index in [1.165, 1.54) is 12.8 Å². The number of hydrogen-bond acceptors (Lipinski definition) is 3. The fraction of sp³-hybridized carbons (Fsp3) is 0.750. The zero-order valence-corrected chi connectivity index (χ0v) is 7.18. The summed E-state index contributed by atoms with van der Waals surface area (Å²) < 4.78 is 0. The van der Waals surface area contributed by atoms with Gasteiger partial charge in [-0.25, -0.2) is 0 Å². The van der Waals surface area contributed by atoms with Crippen LogP contribution in [0.15, 0.2) is 4.99 Å². The van der Waals surface area contributed by atoms with E-state index in [0.29, 0.717) is 12.4 Å². The Morgan fingerprint density at radius 2 is 2.08 bits per heavy atom. The number of nitrogens with two attached hydrogens (primary N) is 1. The topological polar surface area (TPSA) is 67.5 Å². The third-order valence-electron chi connectivity index (χ3n) is 1.88. The maximum absolute atomic E-state index is 10.8. The first-order chi connectivity index (χ1) is 5.80. The van der Waals surface area contributed by atoms with E-state index in [1.807, 2.05) is 0 Å². The molecule has 0 saturated heterocycles. The van der Waals surface area contributed by atoms with E-state index >= 15 is 0 Å². The summed E-state index contributed by atoms with van der Waals surface area (Å²) in [6, 6.07) is 0. The van der Waals surface area contributed by atoms with E-state index in [4.69, 9.17) is 5.73 Å². The molecule has 12 heavy (non-hydrogen) atoms. The molecule has 0 spiro atoms. The molecule has 0 saturated carbocycles. The fourth-order valence-electron chi connectivity index (χ4n) is 1.21. The van der Waals surface area contributed by atoms with Gasteiger partial charge in [0.2, 0.25) is 0 Å². The van der Waals surface area contributed by atoms with Crippen molar-refractivity contribution in [2.24, 2.45) is 10.7 Å². The number of primary amides is 1. The summed E-state index contributed by atoms with van der Waals surface area (Å²) in [6.07, 6.45) is 4.54. The Balaban J connectivity index is 2.49. The van der Waals surface area contributed by atoms with Gasteiger partial charge in [0.1, 0.15) is 0 Å². The molecule has 1 aliphatic rings. The number of aliphatic imine (C=N–C) groups is 1. The van der Waals surface area contributed by atoms with Gasteiger partial charge in [0.15, 0.2) is 5.84 Å². The monoisotopic (exact) mass is 169 g/mol. The fourth-order valence-corrected chi connectivity index (χ4v) is 1.21. The molecule has 0 atom stereocenters. The Bertz CT molecular complexity index is 189. The molecule has 1 amide bonds. The zero-order valence-electron chi connectivity index (χ0n) is 7.18. The van der Waals surface area contributed by atoms with Crippen LogP contribution in [0.2, 0.25) is 0 Å². The number of hydrogen-bond donors (Lipinski definition) is 2. The molecule has 1 aliphatic heterocycles. The molecule has 0 aromatic heterocycles. The van der Waals surface area contributed by atoms with Crippen LogP contribution in [0.25, 0.3) is 0 Å². The van der Waals surface area contributed by atoms with Crippen molar-refractivity contribution in [3.05, 3.63) is 0 Å². The van der Waals surface area contributed by atoms with E-state index in [0.717, 1.165) is 19.4 Å². The van der Waals surface area contributed by atoms with E-state index in [1.54, 1.807) is 0 Å². The minimum atomic E-state index is -0.447. The SMILES string of the molecule is NC(=O)C1=NCCCCCCN1. The zero-order chi connectivity index (χ0) is 8.81. The number of amidine groups is 1. The molecule has 1 heterocycles. The van der Waals surface area contributed by atoms with E-state index in [2.05, 4.69) is 10.3 Å². The van der Waals surface area contributed by atoms with Gasteiger partial charge in [-0.2, -0.15) is 0 Å². The van der Waals surface area contributed by atoms with E-state index in [9.17, 15) is 4.79 Å². The summed E-state index contributed by atoms with van der Waals surface area (Å²) in [5, 5.41) is 2.94. The second-order valence-electron chi connectivity index (χ2n) is 2.94. The summed E-state index contributed by atoms with van der Waals surface area (Å²) in [4.78, 5) is 14.8. The van der Waals surface area contributed by atoms with Crippen LogP contribution in [0.3, 0.4) is 0 Å². The quantitative estimate of drug-likeness (QED) is 0.581. The highest BCUT2D eigenvalue weighted by Crippen LogP contribution is 2.01. The minimum absolute atomic E-state index is 0.344. The molecule has 0 radical (unpaired) electrons. The van der Waals surface area contributed by atoms with Crippen LogP contribution in [0.1, 0.15) is 25.7 Å². The molecule has 4 heteroatoms. The Hall–Kier alpha value is -1.06. The lowest BCUT2D eigenvalue weighted by molar-refractivity contribution is -0.112. The van der Waals surface area contributed by atoms with Crippen LogP contribution >= 0.6 is 0 Å². The first-order valence-corrected chi connectivity index (χ1v) is 4.39. The van der Waals surface area contributed by atoms with Gasteiger partial charge >= 0.3 is 0 Å². The molecule has 3 N–H and O–H groups in total. The molecular formula is C8H15N3O. The number of carbonyl (C=O) groups excluding carboxylic acids is 1. The maximum Gasteiger partial charge on any atom is 0.283 e. The molecule has 4 nitrogen and oxygen atoms in total. The van der Waals surface area contributed by atoms with Gasteiger partial charge in [-0.05, 0) is 12.8 Å². The van der Waals surface area contributed by atoms with Gasteiger partial charge in [-0.3, -0.25) is 9.79 Å². The predicted octanol–water partition coefficient (Wildman–Crippen LogP) is 0.0338. The summed E-state index contributed by atoms with van der Waals surface area (Å²) >= 11 is 0. The first-order valence-electron chi connectivity index (χ1n) is 4.39. The third kappa shape index (κ3) is 2.90. The molecule has 0 aliphatic carbocycles. The summed E-state index contributed by atoms with van der Waals surface area (Å²) in [5.41, 5.74) is 5.11. The summed E-state index contributed by atoms with van der Waals surface area (Å²) in [5.74, 6) is -0.103. The Morgan fingerprint density at radius 1 is 1.33 bits per heavy atom. The molecule has 1 rings (SSSR count). The number of rotatable bonds is 1. The van der Waals surface area contributed by atoms with Gasteiger partial charge in [0.05, 0.1) is 0 Å². The van der Waals surface area contributed by atoms with Crippen molar-refractivity contribution in [2.75, 3.05) is 13.1 Å². The van der Waals surface area contributed by atoms with Gasteiger partial charge in [-0.15, -0.1) is 0 Å². The number of amides is 1. The minimum Gasteiger partial charge on any atom is -0.366 e. The average molecular weight is 169 g/mol. The molecule has 0 unspecified atom stereocenters. The van der Waals surface area contributed by atoms with Crippen molar-refractivity contribution in [1.82, 2.24) is 5.32 Å². The smallest absolute Gasteiger partial charge is 0.283 e. The predicted molar refractivity (Wildman–Crippen MR) is 48.0 cm³/mol. The van der Waals surface area contributed by atoms with Crippen LogP contribution in [-0.2, 0) is 4.79 Å². The second kappa shape index (κ2) is 4.74. The van der Waals surface area contributed by atoms with Crippen molar-refractivity contribution in [3.8, 4) is 0 Å². The highest BCUT2D eigenvalue weighted by molar-refractivity contribution is 6.37. The van der Waals surface area contributed by atoms with Crippen LogP contribution in [0.5, 0.6) is 0 Å². The van der Waals surface area contributed by atoms with Crippen LogP contribution in [-0.4, -0.2) is 24.8 Å². The molecule has 68 valence electrons. The average Bonchev–Trinajstić information content (AvgIpc) is 2.15. The van der Waals surface area contributed by atoms with Crippen molar-refractivity contribution >= 4 is 11.7 Å². The number of carbonyl (C=O) groups is 1. The summed E-state index contributed by atoms with van der Waals surface area (Å²) in [6.45, 7) is 1.52. The molecule has 0 aromatic carbocycles. The van der Waals surface area contributed by atoms with Gasteiger partial charge in [0.25, 0.3) is 5.91 Å². The van der Waals surface area contributed by atoms with Crippen molar-refractivity contribution < 1.29 is 4.79 Å². The van der Waals surface area contributed by atoms with Gasteiger partial charge in [0, 0.05) is 13.1 Å². The molecular weight excluding hydrogens is 154 g/mol. The Labute approximate surface area is 72.2 Å². The lowest BCUT2D eigenvalue weighted by Crippen LogP contribution is -2.36. The molecule has 0 aromatic rings. The highest BCUT2D eigenvalue weighted by Gasteiger charge is 2.06.